The minimum atomic E-state index is 0.134. The van der Waals surface area contributed by atoms with Crippen LogP contribution in [0.25, 0.3) is 0 Å². The summed E-state index contributed by atoms with van der Waals surface area (Å²) in [6.07, 6.45) is 4.13. The largest absolute Gasteiger partial charge is 0.394 e. The zero-order chi connectivity index (χ0) is 7.40. The van der Waals surface area contributed by atoms with Crippen LogP contribution in [0.4, 0.5) is 0 Å². The van der Waals surface area contributed by atoms with E-state index in [9.17, 15) is 0 Å². The van der Waals surface area contributed by atoms with Crippen LogP contribution in [0, 0.1) is 0 Å². The Bertz CT molecular complexity index is 169. The number of nitrogens with zero attached hydrogens (tertiary/aromatic N) is 3. The zero-order valence-electron chi connectivity index (χ0n) is 5.94. The highest BCUT2D eigenvalue weighted by molar-refractivity contribution is 4.69. The van der Waals surface area contributed by atoms with Gasteiger partial charge in [-0.3, -0.25) is 0 Å². The quantitative estimate of drug-likeness (QED) is 0.655. The number of hydrogen-bond donors (Lipinski definition) is 1. The van der Waals surface area contributed by atoms with Crippen molar-refractivity contribution in [3.05, 3.63) is 12.7 Å². The molecule has 0 unspecified atom stereocenters. The van der Waals surface area contributed by atoms with E-state index in [0.717, 1.165) is 6.42 Å². The molecule has 0 bridgehead atoms. The molecule has 0 saturated heterocycles. The molecule has 56 valence electrons. The average Bonchev–Trinajstić information content (AvgIpc) is 2.43. The van der Waals surface area contributed by atoms with E-state index in [1.165, 1.54) is 0 Å². The minimum Gasteiger partial charge on any atom is -0.394 e. The summed E-state index contributed by atoms with van der Waals surface area (Å²) >= 11 is 0. The standard InChI is InChI=1S/C6H11N3O/c1-2-6(3-10)9-4-7-8-5-9/h4-6,10H,2-3H2,1H3/t6-/m0/s1. The van der Waals surface area contributed by atoms with Gasteiger partial charge in [-0.05, 0) is 6.42 Å². The highest BCUT2D eigenvalue weighted by Gasteiger charge is 2.04. The van der Waals surface area contributed by atoms with Crippen LogP contribution in [0.3, 0.4) is 0 Å². The van der Waals surface area contributed by atoms with Gasteiger partial charge in [-0.25, -0.2) is 0 Å². The Hall–Kier alpha value is -0.900. The van der Waals surface area contributed by atoms with Crippen LogP contribution < -0.4 is 0 Å². The number of aromatic nitrogens is 3. The van der Waals surface area contributed by atoms with Crippen LogP contribution in [0.15, 0.2) is 12.7 Å². The number of hydrogen-bond acceptors (Lipinski definition) is 3. The number of aliphatic hydroxyl groups is 1. The summed E-state index contributed by atoms with van der Waals surface area (Å²) in [4.78, 5) is 0. The fraction of sp³-hybridized carbons (Fsp3) is 0.667. The molecule has 4 heteroatoms. The van der Waals surface area contributed by atoms with Gasteiger partial charge in [0.2, 0.25) is 0 Å². The first-order valence-electron chi connectivity index (χ1n) is 3.33. The van der Waals surface area contributed by atoms with Crippen molar-refractivity contribution in [2.75, 3.05) is 6.61 Å². The van der Waals surface area contributed by atoms with E-state index in [2.05, 4.69) is 10.2 Å². The van der Waals surface area contributed by atoms with Gasteiger partial charge in [0.25, 0.3) is 0 Å². The van der Waals surface area contributed by atoms with Crippen LogP contribution >= 0.6 is 0 Å². The smallest absolute Gasteiger partial charge is 0.119 e. The van der Waals surface area contributed by atoms with E-state index >= 15 is 0 Å². The van der Waals surface area contributed by atoms with E-state index in [4.69, 9.17) is 5.11 Å². The Morgan fingerprint density at radius 2 is 2.10 bits per heavy atom. The molecule has 1 aromatic rings. The van der Waals surface area contributed by atoms with Gasteiger partial charge in [-0.15, -0.1) is 10.2 Å². The normalized spacial score (nSPS) is 13.4. The molecule has 0 fully saturated rings. The highest BCUT2D eigenvalue weighted by Crippen LogP contribution is 2.06. The molecule has 0 aromatic carbocycles. The topological polar surface area (TPSA) is 50.9 Å². The molecule has 0 aliphatic heterocycles. The Morgan fingerprint density at radius 1 is 1.50 bits per heavy atom. The van der Waals surface area contributed by atoms with Gasteiger partial charge in [0, 0.05) is 0 Å². The van der Waals surface area contributed by atoms with E-state index < -0.39 is 0 Å². The molecule has 4 nitrogen and oxygen atoms in total. The van der Waals surface area contributed by atoms with E-state index in [1.807, 2.05) is 6.92 Å². The summed E-state index contributed by atoms with van der Waals surface area (Å²) in [5.74, 6) is 0. The summed E-state index contributed by atoms with van der Waals surface area (Å²) in [5, 5.41) is 16.1. The first kappa shape index (κ1) is 7.21. The predicted molar refractivity (Wildman–Crippen MR) is 36.4 cm³/mol. The fourth-order valence-corrected chi connectivity index (χ4v) is 0.831. The third kappa shape index (κ3) is 1.33. The number of rotatable bonds is 3. The lowest BCUT2D eigenvalue weighted by Crippen LogP contribution is -2.09. The first-order chi connectivity index (χ1) is 4.88. The van der Waals surface area contributed by atoms with Gasteiger partial charge in [0.15, 0.2) is 0 Å². The maximum Gasteiger partial charge on any atom is 0.119 e. The van der Waals surface area contributed by atoms with Gasteiger partial charge >= 0.3 is 0 Å². The molecule has 1 heterocycles. The molecule has 0 spiro atoms. The Labute approximate surface area is 59.5 Å². The molecular formula is C6H11N3O. The summed E-state index contributed by atoms with van der Waals surface area (Å²) in [6, 6.07) is 0.134. The van der Waals surface area contributed by atoms with Gasteiger partial charge < -0.3 is 9.67 Å². The lowest BCUT2D eigenvalue weighted by Gasteiger charge is -2.10. The molecule has 0 aliphatic carbocycles. The summed E-state index contributed by atoms with van der Waals surface area (Å²) < 4.78 is 1.81. The third-order valence-corrected chi connectivity index (χ3v) is 1.54. The van der Waals surface area contributed by atoms with Crippen molar-refractivity contribution in [2.45, 2.75) is 19.4 Å². The van der Waals surface area contributed by atoms with Crippen molar-refractivity contribution in [3.63, 3.8) is 0 Å². The molecule has 0 amide bonds. The summed E-state index contributed by atoms with van der Waals surface area (Å²) in [6.45, 7) is 2.16. The third-order valence-electron chi connectivity index (χ3n) is 1.54. The van der Waals surface area contributed by atoms with E-state index in [1.54, 1.807) is 17.2 Å². The lowest BCUT2D eigenvalue weighted by atomic mass is 10.2. The second kappa shape index (κ2) is 3.31. The van der Waals surface area contributed by atoms with Crippen molar-refractivity contribution in [3.8, 4) is 0 Å². The fourth-order valence-electron chi connectivity index (χ4n) is 0.831. The molecule has 10 heavy (non-hydrogen) atoms. The van der Waals surface area contributed by atoms with Gasteiger partial charge in [-0.2, -0.15) is 0 Å². The highest BCUT2D eigenvalue weighted by atomic mass is 16.3. The SMILES string of the molecule is CC[C@@H](CO)n1cnnc1. The monoisotopic (exact) mass is 141 g/mol. The van der Waals surface area contributed by atoms with Gasteiger partial charge in [-0.1, -0.05) is 6.92 Å². The van der Waals surface area contributed by atoms with Gasteiger partial charge in [0.05, 0.1) is 12.6 Å². The summed E-state index contributed by atoms with van der Waals surface area (Å²) in [7, 11) is 0. The van der Waals surface area contributed by atoms with Crippen LogP contribution in [0.5, 0.6) is 0 Å². The maximum absolute atomic E-state index is 8.82. The average molecular weight is 141 g/mol. The Kier molecular flexibility index (Phi) is 2.39. The maximum atomic E-state index is 8.82. The molecule has 0 aliphatic rings. The molecule has 1 rings (SSSR count). The second-order valence-corrected chi connectivity index (χ2v) is 2.15. The van der Waals surface area contributed by atoms with Crippen molar-refractivity contribution in [1.82, 2.24) is 14.8 Å². The Balaban J connectivity index is 2.64. The zero-order valence-corrected chi connectivity index (χ0v) is 5.94. The summed E-state index contributed by atoms with van der Waals surface area (Å²) in [5.41, 5.74) is 0. The van der Waals surface area contributed by atoms with Crippen molar-refractivity contribution < 1.29 is 5.11 Å². The van der Waals surface area contributed by atoms with Crippen LogP contribution in [0.2, 0.25) is 0 Å². The molecular weight excluding hydrogens is 130 g/mol. The molecule has 1 aromatic heterocycles. The van der Waals surface area contributed by atoms with Crippen LogP contribution in [-0.2, 0) is 0 Å². The van der Waals surface area contributed by atoms with Crippen molar-refractivity contribution >= 4 is 0 Å². The Morgan fingerprint density at radius 3 is 2.50 bits per heavy atom. The van der Waals surface area contributed by atoms with Gasteiger partial charge in [0.1, 0.15) is 12.7 Å². The van der Waals surface area contributed by atoms with E-state index in [0.29, 0.717) is 0 Å². The number of aliphatic hydroxyl groups excluding tert-OH is 1. The molecule has 1 atom stereocenters. The second-order valence-electron chi connectivity index (χ2n) is 2.15. The molecule has 1 N–H and O–H groups in total. The van der Waals surface area contributed by atoms with Crippen molar-refractivity contribution in [2.24, 2.45) is 0 Å². The molecule has 0 saturated carbocycles. The van der Waals surface area contributed by atoms with Crippen molar-refractivity contribution in [1.29, 1.82) is 0 Å². The van der Waals surface area contributed by atoms with E-state index in [-0.39, 0.29) is 12.6 Å². The van der Waals surface area contributed by atoms with Crippen LogP contribution in [-0.4, -0.2) is 26.5 Å². The van der Waals surface area contributed by atoms with Crippen LogP contribution in [0.1, 0.15) is 19.4 Å². The predicted octanol–water partition coefficient (Wildman–Crippen LogP) is 0.221. The lowest BCUT2D eigenvalue weighted by molar-refractivity contribution is 0.224. The minimum absolute atomic E-state index is 0.134. The first-order valence-corrected chi connectivity index (χ1v) is 3.33. The molecule has 0 radical (unpaired) electrons.